The van der Waals surface area contributed by atoms with E-state index in [4.69, 9.17) is 5.26 Å². The van der Waals surface area contributed by atoms with Gasteiger partial charge in [-0.1, -0.05) is 20.4 Å². The Balaban J connectivity index is 2.66. The first-order valence-electron chi connectivity index (χ1n) is 5.60. The van der Waals surface area contributed by atoms with Crippen LogP contribution in [0.15, 0.2) is 30.5 Å². The lowest BCUT2D eigenvalue weighted by Gasteiger charge is -2.29. The molecule has 0 fully saturated rings. The molecule has 3 nitrogen and oxygen atoms in total. The van der Waals surface area contributed by atoms with Crippen LogP contribution in [0.1, 0.15) is 25.2 Å². The third-order valence-electron chi connectivity index (χ3n) is 3.00. The van der Waals surface area contributed by atoms with Crippen molar-refractivity contribution >= 4 is 11.3 Å². The zero-order valence-electron chi connectivity index (χ0n) is 10.4. The number of nitriles is 1. The number of allylic oxidation sites excluding steroid dienone is 2. The highest BCUT2D eigenvalue weighted by Crippen LogP contribution is 2.36. The molecule has 0 radical (unpaired) electrons. The predicted octanol–water partition coefficient (Wildman–Crippen LogP) is 2.96. The molecule has 0 N–H and O–H groups in total. The molecule has 0 saturated carbocycles. The van der Waals surface area contributed by atoms with Gasteiger partial charge in [-0.3, -0.25) is 0 Å². The van der Waals surface area contributed by atoms with Crippen molar-refractivity contribution in [3.63, 3.8) is 0 Å². The van der Waals surface area contributed by atoms with Gasteiger partial charge in [-0.25, -0.2) is 4.98 Å². The molecule has 1 aromatic heterocycles. The molecule has 3 heteroatoms. The standard InChI is InChI=1S/C14H15N3/c1-9(2)12-7-10(3)17(4)13-6-5-11(8-15)16-14(12)13/h5-7,9H,3H2,1-2,4H3. The van der Waals surface area contributed by atoms with Crippen LogP contribution in [0.25, 0.3) is 5.57 Å². The molecule has 1 aliphatic heterocycles. The van der Waals surface area contributed by atoms with Crippen LogP contribution in [0.5, 0.6) is 0 Å². The quantitative estimate of drug-likeness (QED) is 0.737. The first-order valence-corrected chi connectivity index (χ1v) is 5.60. The number of hydrogen-bond acceptors (Lipinski definition) is 3. The number of anilines is 1. The molecular formula is C14H15N3. The van der Waals surface area contributed by atoms with E-state index < -0.39 is 0 Å². The van der Waals surface area contributed by atoms with E-state index in [2.05, 4.69) is 31.5 Å². The van der Waals surface area contributed by atoms with E-state index in [0.717, 1.165) is 22.7 Å². The summed E-state index contributed by atoms with van der Waals surface area (Å²) >= 11 is 0. The number of likely N-dealkylation sites (N-methyl/N-ethyl adjacent to an activating group) is 1. The number of fused-ring (bicyclic) bond motifs is 1. The van der Waals surface area contributed by atoms with Gasteiger partial charge in [-0.15, -0.1) is 0 Å². The molecule has 0 unspecified atom stereocenters. The van der Waals surface area contributed by atoms with E-state index in [0.29, 0.717) is 11.6 Å². The minimum atomic E-state index is 0.362. The lowest BCUT2D eigenvalue weighted by Crippen LogP contribution is -2.21. The zero-order chi connectivity index (χ0) is 12.6. The molecule has 0 saturated heterocycles. The molecule has 0 atom stereocenters. The fourth-order valence-electron chi connectivity index (χ4n) is 1.94. The molecule has 2 rings (SSSR count). The minimum absolute atomic E-state index is 0.362. The van der Waals surface area contributed by atoms with Crippen LogP contribution in [0, 0.1) is 17.2 Å². The van der Waals surface area contributed by atoms with Gasteiger partial charge in [-0.2, -0.15) is 5.26 Å². The molecular weight excluding hydrogens is 210 g/mol. The largest absolute Gasteiger partial charge is 0.343 e. The third kappa shape index (κ3) is 1.83. The van der Waals surface area contributed by atoms with E-state index in [1.807, 2.05) is 24.1 Å². The number of nitrogens with zero attached hydrogens (tertiary/aromatic N) is 3. The number of hydrogen-bond donors (Lipinski definition) is 0. The molecule has 1 aliphatic rings. The van der Waals surface area contributed by atoms with Crippen LogP contribution >= 0.6 is 0 Å². The maximum Gasteiger partial charge on any atom is 0.141 e. The molecule has 1 aromatic rings. The Bertz CT molecular complexity index is 547. The summed E-state index contributed by atoms with van der Waals surface area (Å²) in [6.45, 7) is 8.27. The number of rotatable bonds is 1. The molecule has 0 aliphatic carbocycles. The summed E-state index contributed by atoms with van der Waals surface area (Å²) in [5.41, 5.74) is 4.46. The van der Waals surface area contributed by atoms with Crippen LogP contribution in [0.4, 0.5) is 5.69 Å². The lowest BCUT2D eigenvalue weighted by molar-refractivity contribution is 0.839. The van der Waals surface area contributed by atoms with Gasteiger partial charge in [-0.05, 0) is 29.7 Å². The van der Waals surface area contributed by atoms with Crippen molar-refractivity contribution < 1.29 is 0 Å². The van der Waals surface area contributed by atoms with Crippen molar-refractivity contribution in [1.82, 2.24) is 4.98 Å². The van der Waals surface area contributed by atoms with Crippen molar-refractivity contribution in [1.29, 1.82) is 5.26 Å². The Morgan fingerprint density at radius 3 is 2.71 bits per heavy atom. The SMILES string of the molecule is C=C1C=C(C(C)C)c2nc(C#N)ccc2N1C. The highest BCUT2D eigenvalue weighted by atomic mass is 15.1. The fourth-order valence-corrected chi connectivity index (χ4v) is 1.94. The summed E-state index contributed by atoms with van der Waals surface area (Å²) in [6.07, 6.45) is 2.04. The Hall–Kier alpha value is -2.08. The van der Waals surface area contributed by atoms with Crippen molar-refractivity contribution in [2.75, 3.05) is 11.9 Å². The second-order valence-electron chi connectivity index (χ2n) is 4.48. The fraction of sp³-hybridized carbons (Fsp3) is 0.286. The maximum absolute atomic E-state index is 8.92. The van der Waals surface area contributed by atoms with Gasteiger partial charge in [0.15, 0.2) is 0 Å². The summed E-state index contributed by atoms with van der Waals surface area (Å²) in [5.74, 6) is 0.362. The van der Waals surface area contributed by atoms with Gasteiger partial charge in [0.1, 0.15) is 11.8 Å². The summed E-state index contributed by atoms with van der Waals surface area (Å²) in [4.78, 5) is 6.40. The normalized spacial score (nSPS) is 14.4. The van der Waals surface area contributed by atoms with Gasteiger partial charge in [0.05, 0.1) is 11.4 Å². The molecule has 2 heterocycles. The Kier molecular flexibility index (Phi) is 2.72. The van der Waals surface area contributed by atoms with E-state index >= 15 is 0 Å². The van der Waals surface area contributed by atoms with E-state index in [-0.39, 0.29) is 0 Å². The average molecular weight is 225 g/mol. The van der Waals surface area contributed by atoms with Crippen molar-refractivity contribution in [2.24, 2.45) is 5.92 Å². The van der Waals surface area contributed by atoms with Crippen molar-refractivity contribution in [2.45, 2.75) is 13.8 Å². The van der Waals surface area contributed by atoms with Gasteiger partial charge < -0.3 is 4.90 Å². The lowest BCUT2D eigenvalue weighted by atomic mass is 9.94. The molecule has 0 bridgehead atoms. The van der Waals surface area contributed by atoms with E-state index in [1.165, 1.54) is 0 Å². The van der Waals surface area contributed by atoms with Crippen LogP contribution < -0.4 is 4.90 Å². The van der Waals surface area contributed by atoms with Gasteiger partial charge >= 0.3 is 0 Å². The van der Waals surface area contributed by atoms with Crippen LogP contribution in [-0.4, -0.2) is 12.0 Å². The molecule has 86 valence electrons. The highest BCUT2D eigenvalue weighted by Gasteiger charge is 2.22. The topological polar surface area (TPSA) is 39.9 Å². The Morgan fingerprint density at radius 1 is 1.41 bits per heavy atom. The van der Waals surface area contributed by atoms with Gasteiger partial charge in [0, 0.05) is 12.7 Å². The molecule has 17 heavy (non-hydrogen) atoms. The van der Waals surface area contributed by atoms with Crippen LogP contribution in [-0.2, 0) is 0 Å². The smallest absolute Gasteiger partial charge is 0.141 e. The van der Waals surface area contributed by atoms with Gasteiger partial charge in [0.2, 0.25) is 0 Å². The highest BCUT2D eigenvalue weighted by molar-refractivity contribution is 5.82. The Morgan fingerprint density at radius 2 is 2.12 bits per heavy atom. The van der Waals surface area contributed by atoms with E-state index in [9.17, 15) is 0 Å². The summed E-state index contributed by atoms with van der Waals surface area (Å²) in [7, 11) is 1.96. The first-order chi connectivity index (χ1) is 8.04. The predicted molar refractivity (Wildman–Crippen MR) is 69.3 cm³/mol. The third-order valence-corrected chi connectivity index (χ3v) is 3.00. The second kappa shape index (κ2) is 4.06. The summed E-state index contributed by atoms with van der Waals surface area (Å²) < 4.78 is 0. The molecule has 0 spiro atoms. The first kappa shape index (κ1) is 11.4. The summed E-state index contributed by atoms with van der Waals surface area (Å²) in [6, 6.07) is 5.76. The van der Waals surface area contributed by atoms with Gasteiger partial charge in [0.25, 0.3) is 0 Å². The van der Waals surface area contributed by atoms with Crippen LogP contribution in [0.2, 0.25) is 0 Å². The van der Waals surface area contributed by atoms with Crippen molar-refractivity contribution in [3.05, 3.63) is 41.9 Å². The Labute approximate surface area is 102 Å². The monoisotopic (exact) mass is 225 g/mol. The second-order valence-corrected chi connectivity index (χ2v) is 4.48. The van der Waals surface area contributed by atoms with E-state index in [1.54, 1.807) is 6.07 Å². The maximum atomic E-state index is 8.92. The van der Waals surface area contributed by atoms with Crippen LogP contribution in [0.3, 0.4) is 0 Å². The number of pyridine rings is 1. The minimum Gasteiger partial charge on any atom is -0.343 e. The molecule has 0 aromatic carbocycles. The number of aromatic nitrogens is 1. The zero-order valence-corrected chi connectivity index (χ0v) is 10.4. The average Bonchev–Trinajstić information content (AvgIpc) is 2.32. The van der Waals surface area contributed by atoms with Crippen molar-refractivity contribution in [3.8, 4) is 6.07 Å². The molecule has 0 amide bonds. The summed E-state index contributed by atoms with van der Waals surface area (Å²) in [5, 5.41) is 8.92.